The Morgan fingerprint density at radius 1 is 1.37 bits per heavy atom. The summed E-state index contributed by atoms with van der Waals surface area (Å²) in [5.41, 5.74) is -1.01. The first-order chi connectivity index (χ1) is 8.88. The lowest BCUT2D eigenvalue weighted by Gasteiger charge is -2.25. The number of rotatable bonds is 5. The van der Waals surface area contributed by atoms with E-state index in [1.807, 2.05) is 0 Å². The third kappa shape index (κ3) is 1.76. The van der Waals surface area contributed by atoms with E-state index in [1.54, 1.807) is 13.8 Å². The summed E-state index contributed by atoms with van der Waals surface area (Å²) in [6.07, 6.45) is 6.58. The summed E-state index contributed by atoms with van der Waals surface area (Å²) >= 11 is 0. The van der Waals surface area contributed by atoms with Crippen molar-refractivity contribution in [3.05, 3.63) is 0 Å². The van der Waals surface area contributed by atoms with Gasteiger partial charge in [-0.25, -0.2) is 0 Å². The van der Waals surface area contributed by atoms with Crippen LogP contribution in [0.15, 0.2) is 0 Å². The number of epoxide rings is 2. The Morgan fingerprint density at radius 3 is 2.68 bits per heavy atom. The molecule has 108 valence electrons. The van der Waals surface area contributed by atoms with E-state index >= 15 is 0 Å². The van der Waals surface area contributed by atoms with Crippen LogP contribution < -0.4 is 0 Å². The van der Waals surface area contributed by atoms with E-state index in [0.717, 1.165) is 19.3 Å². The van der Waals surface area contributed by atoms with Crippen LogP contribution in [-0.4, -0.2) is 34.5 Å². The minimum absolute atomic E-state index is 0.0479. The molecule has 0 amide bonds. The van der Waals surface area contributed by atoms with Crippen LogP contribution >= 0.6 is 0 Å². The van der Waals surface area contributed by atoms with Crippen molar-refractivity contribution in [1.82, 2.24) is 0 Å². The summed E-state index contributed by atoms with van der Waals surface area (Å²) in [7, 11) is 0. The van der Waals surface area contributed by atoms with Gasteiger partial charge >= 0.3 is 5.97 Å². The van der Waals surface area contributed by atoms with Gasteiger partial charge in [0.15, 0.2) is 0 Å². The molecule has 0 aromatic rings. The standard InChI is InChI=1S/C15H24O4/c1-4-14(15-8-6-5-7-10(15)18-15)11(19-14)9-13(2,3)12(16)17/h10-11H,4-9H2,1-3H3,(H,16,17). The van der Waals surface area contributed by atoms with Gasteiger partial charge in [0.1, 0.15) is 11.2 Å². The van der Waals surface area contributed by atoms with Gasteiger partial charge in [-0.2, -0.15) is 0 Å². The summed E-state index contributed by atoms with van der Waals surface area (Å²) in [4.78, 5) is 11.3. The second-order valence-electron chi connectivity index (χ2n) is 6.98. The number of ether oxygens (including phenoxy) is 2. The number of aliphatic carboxylic acids is 1. The van der Waals surface area contributed by atoms with Gasteiger partial charge in [-0.15, -0.1) is 0 Å². The molecule has 0 radical (unpaired) electrons. The first-order valence-electron chi connectivity index (χ1n) is 7.47. The lowest BCUT2D eigenvalue weighted by atomic mass is 9.73. The molecule has 1 N–H and O–H groups in total. The van der Waals surface area contributed by atoms with Crippen LogP contribution in [0.4, 0.5) is 0 Å². The fraction of sp³-hybridized carbons (Fsp3) is 0.933. The normalized spacial score (nSPS) is 44.6. The molecule has 0 aromatic carbocycles. The minimum atomic E-state index is -0.748. The third-order valence-electron chi connectivity index (χ3n) is 5.41. The molecule has 3 aliphatic rings. The Hall–Kier alpha value is -0.610. The number of carboxylic acids is 1. The van der Waals surface area contributed by atoms with Crippen LogP contribution in [-0.2, 0) is 14.3 Å². The maximum atomic E-state index is 11.3. The van der Waals surface area contributed by atoms with Gasteiger partial charge in [-0.3, -0.25) is 4.79 Å². The van der Waals surface area contributed by atoms with Crippen molar-refractivity contribution in [2.75, 3.05) is 0 Å². The van der Waals surface area contributed by atoms with Crippen molar-refractivity contribution >= 4 is 5.97 Å². The number of hydrogen-bond donors (Lipinski definition) is 1. The molecular formula is C15H24O4. The highest BCUT2D eigenvalue weighted by Gasteiger charge is 2.79. The molecular weight excluding hydrogens is 244 g/mol. The maximum Gasteiger partial charge on any atom is 0.309 e. The molecule has 0 spiro atoms. The molecule has 3 fully saturated rings. The van der Waals surface area contributed by atoms with E-state index < -0.39 is 11.4 Å². The monoisotopic (exact) mass is 268 g/mol. The van der Waals surface area contributed by atoms with Crippen LogP contribution in [0, 0.1) is 5.41 Å². The molecule has 4 atom stereocenters. The fourth-order valence-electron chi connectivity index (χ4n) is 3.99. The van der Waals surface area contributed by atoms with Crippen LogP contribution in [0.1, 0.15) is 59.3 Å². The second kappa shape index (κ2) is 3.95. The van der Waals surface area contributed by atoms with Crippen molar-refractivity contribution in [2.24, 2.45) is 5.41 Å². The molecule has 4 heteroatoms. The summed E-state index contributed by atoms with van der Waals surface area (Å²) in [5, 5.41) is 9.26. The lowest BCUT2D eigenvalue weighted by molar-refractivity contribution is -0.147. The molecule has 3 rings (SSSR count). The molecule has 2 saturated heterocycles. The summed E-state index contributed by atoms with van der Waals surface area (Å²) in [6, 6.07) is 0. The molecule has 4 unspecified atom stereocenters. The number of carboxylic acid groups (broad SMARTS) is 1. The molecule has 1 aliphatic carbocycles. The van der Waals surface area contributed by atoms with Crippen LogP contribution in [0.3, 0.4) is 0 Å². The van der Waals surface area contributed by atoms with E-state index in [9.17, 15) is 9.90 Å². The van der Waals surface area contributed by atoms with Crippen LogP contribution in [0.2, 0.25) is 0 Å². The zero-order valence-corrected chi connectivity index (χ0v) is 12.1. The highest BCUT2D eigenvalue weighted by Crippen LogP contribution is 2.65. The number of fused-ring (bicyclic) bond motifs is 1. The Kier molecular flexibility index (Phi) is 2.78. The largest absolute Gasteiger partial charge is 0.481 e. The zero-order valence-electron chi connectivity index (χ0n) is 12.1. The lowest BCUT2D eigenvalue weighted by Crippen LogP contribution is -2.40. The van der Waals surface area contributed by atoms with Crippen LogP contribution in [0.5, 0.6) is 0 Å². The maximum absolute atomic E-state index is 11.3. The van der Waals surface area contributed by atoms with Crippen molar-refractivity contribution < 1.29 is 19.4 Å². The van der Waals surface area contributed by atoms with E-state index in [4.69, 9.17) is 9.47 Å². The van der Waals surface area contributed by atoms with Crippen molar-refractivity contribution in [1.29, 1.82) is 0 Å². The van der Waals surface area contributed by atoms with Gasteiger partial charge < -0.3 is 14.6 Å². The molecule has 4 nitrogen and oxygen atoms in total. The van der Waals surface area contributed by atoms with E-state index in [1.165, 1.54) is 12.8 Å². The molecule has 19 heavy (non-hydrogen) atoms. The Labute approximate surface area is 114 Å². The summed E-state index contributed by atoms with van der Waals surface area (Å²) in [6.45, 7) is 5.69. The SMILES string of the molecule is CCC1(C23CCCCC2O3)OC1CC(C)(C)C(=O)O. The Bertz CT molecular complexity index is 405. The second-order valence-corrected chi connectivity index (χ2v) is 6.98. The molecule has 0 bridgehead atoms. The smallest absolute Gasteiger partial charge is 0.309 e. The highest BCUT2D eigenvalue weighted by atomic mass is 16.7. The average Bonchev–Trinajstić information content (AvgIpc) is 3.21. The summed E-state index contributed by atoms with van der Waals surface area (Å²) in [5.74, 6) is -0.748. The van der Waals surface area contributed by atoms with Crippen molar-refractivity contribution in [2.45, 2.75) is 82.7 Å². The van der Waals surface area contributed by atoms with Gasteiger partial charge in [-0.1, -0.05) is 19.8 Å². The first kappa shape index (κ1) is 13.4. The molecule has 1 saturated carbocycles. The predicted molar refractivity (Wildman–Crippen MR) is 70.0 cm³/mol. The van der Waals surface area contributed by atoms with Crippen LogP contribution in [0.25, 0.3) is 0 Å². The van der Waals surface area contributed by atoms with Gasteiger partial charge in [0.05, 0.1) is 17.6 Å². The van der Waals surface area contributed by atoms with E-state index in [-0.39, 0.29) is 17.3 Å². The molecule has 2 aliphatic heterocycles. The Morgan fingerprint density at radius 2 is 2.11 bits per heavy atom. The average molecular weight is 268 g/mol. The van der Waals surface area contributed by atoms with Gasteiger partial charge in [0, 0.05) is 0 Å². The molecule has 0 aromatic heterocycles. The third-order valence-corrected chi connectivity index (χ3v) is 5.41. The van der Waals surface area contributed by atoms with Gasteiger partial charge in [-0.05, 0) is 39.5 Å². The van der Waals surface area contributed by atoms with Gasteiger partial charge in [0.25, 0.3) is 0 Å². The van der Waals surface area contributed by atoms with Crippen molar-refractivity contribution in [3.63, 3.8) is 0 Å². The highest BCUT2D eigenvalue weighted by molar-refractivity contribution is 5.73. The number of carbonyl (C=O) groups is 1. The first-order valence-corrected chi connectivity index (χ1v) is 7.47. The quantitative estimate of drug-likeness (QED) is 0.779. The zero-order chi connectivity index (χ0) is 13.9. The predicted octanol–water partition coefficient (Wildman–Crippen LogP) is 2.75. The summed E-state index contributed by atoms with van der Waals surface area (Å²) < 4.78 is 12.1. The topological polar surface area (TPSA) is 62.4 Å². The Balaban J connectivity index is 1.73. The van der Waals surface area contributed by atoms with Gasteiger partial charge in [0.2, 0.25) is 0 Å². The number of hydrogen-bond acceptors (Lipinski definition) is 3. The molecule has 2 heterocycles. The van der Waals surface area contributed by atoms with E-state index in [2.05, 4.69) is 6.92 Å². The minimum Gasteiger partial charge on any atom is -0.481 e. The fourth-order valence-corrected chi connectivity index (χ4v) is 3.99. The van der Waals surface area contributed by atoms with Crippen molar-refractivity contribution in [3.8, 4) is 0 Å². The van der Waals surface area contributed by atoms with E-state index in [0.29, 0.717) is 12.5 Å².